The summed E-state index contributed by atoms with van der Waals surface area (Å²) in [6.07, 6.45) is -2.02. The SMILES string of the molecule is CC1CCC(C2CC3CCC(F)C(F)C3C2(F)F)OC1. The van der Waals surface area contributed by atoms with Gasteiger partial charge in [-0.25, -0.2) is 17.6 Å². The van der Waals surface area contributed by atoms with Crippen LogP contribution in [0.4, 0.5) is 17.6 Å². The van der Waals surface area contributed by atoms with Gasteiger partial charge >= 0.3 is 0 Å². The van der Waals surface area contributed by atoms with Gasteiger partial charge in [-0.05, 0) is 43.9 Å². The number of rotatable bonds is 1. The van der Waals surface area contributed by atoms with Crippen molar-refractivity contribution in [1.82, 2.24) is 0 Å². The van der Waals surface area contributed by atoms with Crippen molar-refractivity contribution in [2.45, 2.75) is 63.4 Å². The van der Waals surface area contributed by atoms with Crippen LogP contribution in [0.1, 0.15) is 39.0 Å². The molecule has 1 saturated heterocycles. The minimum Gasteiger partial charge on any atom is -0.377 e. The third-order valence-electron chi connectivity index (χ3n) is 5.49. The molecule has 1 nitrogen and oxygen atoms in total. The van der Waals surface area contributed by atoms with E-state index in [-0.39, 0.29) is 18.8 Å². The lowest BCUT2D eigenvalue weighted by molar-refractivity contribution is -0.164. The van der Waals surface area contributed by atoms with Gasteiger partial charge in [0.25, 0.3) is 5.92 Å². The van der Waals surface area contributed by atoms with Crippen LogP contribution in [-0.2, 0) is 4.74 Å². The molecule has 3 rings (SSSR count). The highest BCUT2D eigenvalue weighted by Crippen LogP contribution is 2.57. The van der Waals surface area contributed by atoms with Gasteiger partial charge in [0.1, 0.15) is 12.3 Å². The van der Waals surface area contributed by atoms with Crippen molar-refractivity contribution in [3.8, 4) is 0 Å². The van der Waals surface area contributed by atoms with Crippen LogP contribution in [0, 0.1) is 23.7 Å². The fraction of sp³-hybridized carbons (Fsp3) is 1.00. The molecule has 0 bridgehead atoms. The van der Waals surface area contributed by atoms with Crippen molar-refractivity contribution in [2.24, 2.45) is 23.7 Å². The van der Waals surface area contributed by atoms with Crippen molar-refractivity contribution in [3.63, 3.8) is 0 Å². The lowest BCUT2D eigenvalue weighted by Crippen LogP contribution is -2.47. The third kappa shape index (κ3) is 2.26. The summed E-state index contributed by atoms with van der Waals surface area (Å²) in [4.78, 5) is 0. The molecule has 5 heteroatoms. The second kappa shape index (κ2) is 5.15. The highest BCUT2D eigenvalue weighted by atomic mass is 19.3. The Kier molecular flexibility index (Phi) is 3.76. The summed E-state index contributed by atoms with van der Waals surface area (Å²) < 4.78 is 62.1. The number of alkyl halides is 4. The van der Waals surface area contributed by atoms with E-state index in [1.165, 1.54) is 0 Å². The summed E-state index contributed by atoms with van der Waals surface area (Å²) in [6, 6.07) is 0. The van der Waals surface area contributed by atoms with Crippen LogP contribution in [0.25, 0.3) is 0 Å². The normalized spacial score (nSPS) is 51.8. The molecule has 20 heavy (non-hydrogen) atoms. The summed E-state index contributed by atoms with van der Waals surface area (Å²) in [5.41, 5.74) is 0. The second-order valence-corrected chi connectivity index (χ2v) is 6.89. The average molecular weight is 294 g/mol. The Balaban J connectivity index is 1.77. The monoisotopic (exact) mass is 294 g/mol. The van der Waals surface area contributed by atoms with Gasteiger partial charge in [-0.2, -0.15) is 0 Å². The molecule has 3 fully saturated rings. The Bertz CT molecular complexity index is 354. The van der Waals surface area contributed by atoms with Gasteiger partial charge in [0.2, 0.25) is 0 Å². The van der Waals surface area contributed by atoms with Crippen molar-refractivity contribution < 1.29 is 22.3 Å². The van der Waals surface area contributed by atoms with Gasteiger partial charge < -0.3 is 4.74 Å². The van der Waals surface area contributed by atoms with Gasteiger partial charge in [0.05, 0.1) is 12.0 Å². The topological polar surface area (TPSA) is 9.23 Å². The Morgan fingerprint density at radius 1 is 1.05 bits per heavy atom. The van der Waals surface area contributed by atoms with Crippen LogP contribution in [-0.4, -0.2) is 31.0 Å². The number of hydrogen-bond donors (Lipinski definition) is 0. The first-order valence-corrected chi connectivity index (χ1v) is 7.68. The second-order valence-electron chi connectivity index (χ2n) is 6.89. The van der Waals surface area contributed by atoms with Crippen LogP contribution < -0.4 is 0 Å². The Hall–Kier alpha value is -0.320. The zero-order valence-electron chi connectivity index (χ0n) is 11.7. The molecule has 0 aromatic carbocycles. The quantitative estimate of drug-likeness (QED) is 0.660. The van der Waals surface area contributed by atoms with E-state index in [0.29, 0.717) is 25.4 Å². The van der Waals surface area contributed by atoms with Crippen molar-refractivity contribution in [2.75, 3.05) is 6.61 Å². The molecule has 0 aromatic heterocycles. The van der Waals surface area contributed by atoms with Crippen LogP contribution >= 0.6 is 0 Å². The van der Waals surface area contributed by atoms with E-state index in [1.807, 2.05) is 6.92 Å². The van der Waals surface area contributed by atoms with Gasteiger partial charge in [-0.3, -0.25) is 0 Å². The van der Waals surface area contributed by atoms with Gasteiger partial charge in [-0.15, -0.1) is 0 Å². The van der Waals surface area contributed by atoms with Crippen molar-refractivity contribution in [3.05, 3.63) is 0 Å². The maximum Gasteiger partial charge on any atom is 0.259 e. The van der Waals surface area contributed by atoms with E-state index in [0.717, 1.165) is 6.42 Å². The predicted molar refractivity (Wildman–Crippen MR) is 67.2 cm³/mol. The molecule has 0 spiro atoms. The summed E-state index contributed by atoms with van der Waals surface area (Å²) in [5.74, 6) is -5.51. The van der Waals surface area contributed by atoms with E-state index in [1.54, 1.807) is 0 Å². The van der Waals surface area contributed by atoms with Crippen molar-refractivity contribution in [1.29, 1.82) is 0 Å². The maximum absolute atomic E-state index is 14.6. The first kappa shape index (κ1) is 14.6. The molecular formula is C15H22F4O. The van der Waals surface area contributed by atoms with E-state index >= 15 is 0 Å². The molecule has 2 saturated carbocycles. The lowest BCUT2D eigenvalue weighted by atomic mass is 9.78. The molecule has 7 atom stereocenters. The maximum atomic E-state index is 14.6. The minimum absolute atomic E-state index is 0.0771. The minimum atomic E-state index is -3.14. The third-order valence-corrected chi connectivity index (χ3v) is 5.49. The van der Waals surface area contributed by atoms with Crippen LogP contribution in [0.3, 0.4) is 0 Å². The predicted octanol–water partition coefficient (Wildman–Crippen LogP) is 4.16. The first-order chi connectivity index (χ1) is 9.41. The largest absolute Gasteiger partial charge is 0.377 e. The molecular weight excluding hydrogens is 272 g/mol. The molecule has 0 aromatic rings. The van der Waals surface area contributed by atoms with Crippen LogP contribution in [0.15, 0.2) is 0 Å². The zero-order chi connectivity index (χ0) is 14.5. The van der Waals surface area contributed by atoms with Gasteiger partial charge in [-0.1, -0.05) is 6.92 Å². The fourth-order valence-electron chi connectivity index (χ4n) is 4.34. The van der Waals surface area contributed by atoms with E-state index in [2.05, 4.69) is 0 Å². The van der Waals surface area contributed by atoms with E-state index in [9.17, 15) is 17.6 Å². The smallest absolute Gasteiger partial charge is 0.259 e. The molecule has 3 aliphatic rings. The average Bonchev–Trinajstić information content (AvgIpc) is 2.67. The fourth-order valence-corrected chi connectivity index (χ4v) is 4.34. The number of ether oxygens (including phenoxy) is 1. The van der Waals surface area contributed by atoms with Gasteiger partial charge in [0, 0.05) is 12.5 Å². The lowest BCUT2D eigenvalue weighted by Gasteiger charge is -2.37. The number of fused-ring (bicyclic) bond motifs is 1. The van der Waals surface area contributed by atoms with Crippen molar-refractivity contribution >= 4 is 0 Å². The summed E-state index contributed by atoms with van der Waals surface area (Å²) in [7, 11) is 0. The van der Waals surface area contributed by atoms with Crippen LogP contribution in [0.5, 0.6) is 0 Å². The molecule has 1 aliphatic heterocycles. The molecule has 116 valence electrons. The van der Waals surface area contributed by atoms with Crippen LogP contribution in [0.2, 0.25) is 0 Å². The molecule has 2 aliphatic carbocycles. The Morgan fingerprint density at radius 3 is 2.45 bits per heavy atom. The molecule has 0 amide bonds. The molecule has 0 radical (unpaired) electrons. The van der Waals surface area contributed by atoms with E-state index < -0.39 is 36.2 Å². The summed E-state index contributed by atoms with van der Waals surface area (Å²) in [5, 5.41) is 0. The number of hydrogen-bond acceptors (Lipinski definition) is 1. The number of halogens is 4. The molecule has 7 unspecified atom stereocenters. The highest BCUT2D eigenvalue weighted by molar-refractivity contribution is 5.06. The Morgan fingerprint density at radius 2 is 1.80 bits per heavy atom. The first-order valence-electron chi connectivity index (χ1n) is 7.68. The van der Waals surface area contributed by atoms with E-state index in [4.69, 9.17) is 4.74 Å². The summed E-state index contributed by atoms with van der Waals surface area (Å²) >= 11 is 0. The molecule has 1 heterocycles. The molecule has 0 N–H and O–H groups in total. The summed E-state index contributed by atoms with van der Waals surface area (Å²) in [6.45, 7) is 2.53. The zero-order valence-corrected chi connectivity index (χ0v) is 11.7. The van der Waals surface area contributed by atoms with Gasteiger partial charge in [0.15, 0.2) is 0 Å². The highest BCUT2D eigenvalue weighted by Gasteiger charge is 2.64. The Labute approximate surface area is 117 Å². The standard InChI is InChI=1S/C15H22F4O/c1-8-2-5-12(20-7-8)10-6-9-3-4-11(16)14(17)13(9)15(10,18)19/h8-14H,2-7H2,1H3.